The molecule has 160 valence electrons. The summed E-state index contributed by atoms with van der Waals surface area (Å²) in [6, 6.07) is 7.87. The molecule has 5 heterocycles. The molecule has 4 saturated heterocycles. The van der Waals surface area contributed by atoms with Gasteiger partial charge in [0.1, 0.15) is 5.75 Å². The number of anilines is 1. The van der Waals surface area contributed by atoms with Crippen LogP contribution in [-0.2, 0) is 4.74 Å². The van der Waals surface area contributed by atoms with Crippen molar-refractivity contribution in [2.45, 2.75) is 31.8 Å². The van der Waals surface area contributed by atoms with E-state index in [4.69, 9.17) is 9.47 Å². The third-order valence-electron chi connectivity index (χ3n) is 6.47. The molecule has 1 aromatic heterocycles. The summed E-state index contributed by atoms with van der Waals surface area (Å²) in [6.45, 7) is 7.58. The second-order valence-electron chi connectivity index (χ2n) is 8.19. The van der Waals surface area contributed by atoms with E-state index in [0.717, 1.165) is 31.3 Å². The van der Waals surface area contributed by atoms with Crippen molar-refractivity contribution in [3.05, 3.63) is 29.8 Å². The molecule has 4 fully saturated rings. The lowest BCUT2D eigenvalue weighted by Gasteiger charge is -2.49. The Kier molecular flexibility index (Phi) is 5.58. The van der Waals surface area contributed by atoms with E-state index >= 15 is 0 Å². The molecule has 2 atom stereocenters. The molecule has 1 aromatic carbocycles. The minimum absolute atomic E-state index is 0.0160. The molecule has 30 heavy (non-hydrogen) atoms. The average molecular weight is 430 g/mol. The average Bonchev–Trinajstić information content (AvgIpc) is 3.26. The van der Waals surface area contributed by atoms with Gasteiger partial charge in [-0.05, 0) is 74.4 Å². The number of rotatable bonds is 5. The first kappa shape index (κ1) is 19.7. The minimum atomic E-state index is -0.0160. The van der Waals surface area contributed by atoms with Crippen molar-refractivity contribution in [3.63, 3.8) is 0 Å². The molecular formula is C21H27N5O3S. The van der Waals surface area contributed by atoms with Gasteiger partial charge in [-0.1, -0.05) is 5.10 Å². The summed E-state index contributed by atoms with van der Waals surface area (Å²) in [7, 11) is 0. The van der Waals surface area contributed by atoms with Crippen LogP contribution in [0.5, 0.6) is 10.9 Å². The quantitative estimate of drug-likeness (QED) is 0.782. The Morgan fingerprint density at radius 1 is 1.13 bits per heavy atom. The van der Waals surface area contributed by atoms with Crippen LogP contribution >= 0.6 is 11.3 Å². The van der Waals surface area contributed by atoms with Gasteiger partial charge in [-0.2, -0.15) is 0 Å². The fourth-order valence-electron chi connectivity index (χ4n) is 4.68. The predicted molar refractivity (Wildman–Crippen MR) is 114 cm³/mol. The van der Waals surface area contributed by atoms with Crippen LogP contribution < -0.4 is 15.0 Å². The SMILES string of the molecule is C[C@H]1[C@H](NC(=O)c2ccc(Oc3nnc(N4CCOCC4)s3)cc2)C2CCN1CC2. The zero-order valence-electron chi connectivity index (χ0n) is 17.1. The largest absolute Gasteiger partial charge is 0.430 e. The third-order valence-corrected chi connectivity index (χ3v) is 7.34. The first-order valence-electron chi connectivity index (χ1n) is 10.7. The number of ether oxygens (including phenoxy) is 2. The Morgan fingerprint density at radius 3 is 2.57 bits per heavy atom. The molecule has 4 aliphatic rings. The van der Waals surface area contributed by atoms with E-state index in [1.165, 1.54) is 24.2 Å². The summed E-state index contributed by atoms with van der Waals surface area (Å²) in [5.41, 5.74) is 0.650. The van der Waals surface area contributed by atoms with Gasteiger partial charge in [0.05, 0.1) is 13.2 Å². The fraction of sp³-hybridized carbons (Fsp3) is 0.571. The van der Waals surface area contributed by atoms with Gasteiger partial charge in [-0.3, -0.25) is 9.69 Å². The molecule has 0 radical (unpaired) electrons. The van der Waals surface area contributed by atoms with Crippen molar-refractivity contribution >= 4 is 22.4 Å². The molecular weight excluding hydrogens is 402 g/mol. The maximum Gasteiger partial charge on any atom is 0.301 e. The van der Waals surface area contributed by atoms with Gasteiger partial charge in [0.15, 0.2) is 0 Å². The lowest BCUT2D eigenvalue weighted by Crippen LogP contribution is -2.62. The summed E-state index contributed by atoms with van der Waals surface area (Å²) < 4.78 is 11.2. The molecule has 2 bridgehead atoms. The second kappa shape index (κ2) is 8.49. The number of carbonyl (C=O) groups is 1. The van der Waals surface area contributed by atoms with Crippen LogP contribution in [0.2, 0.25) is 0 Å². The van der Waals surface area contributed by atoms with E-state index in [2.05, 4.69) is 32.2 Å². The topological polar surface area (TPSA) is 79.8 Å². The van der Waals surface area contributed by atoms with Crippen LogP contribution in [0.25, 0.3) is 0 Å². The number of carbonyl (C=O) groups excluding carboxylic acids is 1. The first-order chi connectivity index (χ1) is 14.7. The summed E-state index contributed by atoms with van der Waals surface area (Å²) in [5.74, 6) is 1.22. The number of fused-ring (bicyclic) bond motifs is 3. The molecule has 6 rings (SSSR count). The minimum Gasteiger partial charge on any atom is -0.430 e. The lowest BCUT2D eigenvalue weighted by atomic mass is 9.79. The van der Waals surface area contributed by atoms with Crippen LogP contribution in [0.3, 0.4) is 0 Å². The van der Waals surface area contributed by atoms with Crippen LogP contribution in [0.4, 0.5) is 5.13 Å². The molecule has 2 aromatic rings. The molecule has 8 nitrogen and oxygen atoms in total. The number of amides is 1. The van der Waals surface area contributed by atoms with Gasteiger partial charge in [0, 0.05) is 30.7 Å². The maximum absolute atomic E-state index is 12.8. The Bertz CT molecular complexity index is 873. The Labute approximate surface area is 180 Å². The highest BCUT2D eigenvalue weighted by Gasteiger charge is 2.40. The first-order valence-corrected chi connectivity index (χ1v) is 11.5. The highest BCUT2D eigenvalue weighted by Crippen LogP contribution is 2.33. The van der Waals surface area contributed by atoms with Crippen LogP contribution in [-0.4, -0.2) is 72.5 Å². The number of aromatic nitrogens is 2. The molecule has 4 aliphatic heterocycles. The normalized spacial score (nSPS) is 28.4. The van der Waals surface area contributed by atoms with Crippen LogP contribution in [0.1, 0.15) is 30.1 Å². The van der Waals surface area contributed by atoms with E-state index in [-0.39, 0.29) is 11.9 Å². The van der Waals surface area contributed by atoms with Crippen molar-refractivity contribution in [2.75, 3.05) is 44.3 Å². The van der Waals surface area contributed by atoms with Crippen molar-refractivity contribution in [1.29, 1.82) is 0 Å². The van der Waals surface area contributed by atoms with Crippen molar-refractivity contribution in [2.24, 2.45) is 5.92 Å². The molecule has 0 spiro atoms. The molecule has 9 heteroatoms. The molecule has 0 unspecified atom stereocenters. The highest BCUT2D eigenvalue weighted by molar-refractivity contribution is 7.17. The predicted octanol–water partition coefficient (Wildman–Crippen LogP) is 2.38. The molecule has 0 saturated carbocycles. The number of hydrogen-bond donors (Lipinski definition) is 1. The molecule has 0 aliphatic carbocycles. The van der Waals surface area contributed by atoms with E-state index in [0.29, 0.717) is 41.7 Å². The Hall–Kier alpha value is -2.23. The fourth-order valence-corrected chi connectivity index (χ4v) is 5.45. The Balaban J connectivity index is 1.19. The number of morpholine rings is 1. The lowest BCUT2D eigenvalue weighted by molar-refractivity contribution is 0.0217. The monoisotopic (exact) mass is 429 g/mol. The highest BCUT2D eigenvalue weighted by atomic mass is 32.1. The summed E-state index contributed by atoms with van der Waals surface area (Å²) >= 11 is 1.42. The van der Waals surface area contributed by atoms with Gasteiger partial charge in [-0.25, -0.2) is 0 Å². The Morgan fingerprint density at radius 2 is 1.87 bits per heavy atom. The van der Waals surface area contributed by atoms with Crippen molar-refractivity contribution < 1.29 is 14.3 Å². The third kappa shape index (κ3) is 4.01. The van der Waals surface area contributed by atoms with Gasteiger partial charge < -0.3 is 19.7 Å². The summed E-state index contributed by atoms with van der Waals surface area (Å²) in [6.07, 6.45) is 2.35. The zero-order valence-corrected chi connectivity index (χ0v) is 17.9. The van der Waals surface area contributed by atoms with Crippen LogP contribution in [0.15, 0.2) is 24.3 Å². The van der Waals surface area contributed by atoms with E-state index in [9.17, 15) is 4.79 Å². The van der Waals surface area contributed by atoms with Gasteiger partial charge in [0.25, 0.3) is 5.91 Å². The number of piperidine rings is 3. The van der Waals surface area contributed by atoms with Crippen LogP contribution in [0, 0.1) is 5.92 Å². The number of benzene rings is 1. The van der Waals surface area contributed by atoms with Crippen molar-refractivity contribution in [3.8, 4) is 10.9 Å². The number of hydrogen-bond acceptors (Lipinski definition) is 8. The summed E-state index contributed by atoms with van der Waals surface area (Å²) in [4.78, 5) is 17.4. The van der Waals surface area contributed by atoms with Gasteiger partial charge in [0.2, 0.25) is 5.13 Å². The van der Waals surface area contributed by atoms with Crippen molar-refractivity contribution in [1.82, 2.24) is 20.4 Å². The van der Waals surface area contributed by atoms with E-state index in [1.54, 1.807) is 12.1 Å². The standard InChI is InChI=1S/C21H27N5O3S/c1-14-18(15-6-8-25(14)9-7-15)22-19(27)16-2-4-17(5-3-16)29-21-24-23-20(30-21)26-10-12-28-13-11-26/h2-5,14-15,18H,6-13H2,1H3,(H,22,27)/t14-,18-/m0/s1. The molecule has 1 amide bonds. The second-order valence-corrected chi connectivity index (χ2v) is 9.11. The van der Waals surface area contributed by atoms with Gasteiger partial charge >= 0.3 is 5.19 Å². The summed E-state index contributed by atoms with van der Waals surface area (Å²) in [5, 5.41) is 13.0. The maximum atomic E-state index is 12.8. The van der Waals surface area contributed by atoms with E-state index in [1.807, 2.05) is 12.1 Å². The molecule has 1 N–H and O–H groups in total. The van der Waals surface area contributed by atoms with E-state index < -0.39 is 0 Å². The van der Waals surface area contributed by atoms with Gasteiger partial charge in [-0.15, -0.1) is 5.10 Å². The number of nitrogens with zero attached hydrogens (tertiary/aromatic N) is 4. The smallest absolute Gasteiger partial charge is 0.301 e. The number of nitrogens with one attached hydrogen (secondary N) is 1. The zero-order chi connectivity index (χ0) is 20.5.